The van der Waals surface area contributed by atoms with Crippen LogP contribution in [-0.4, -0.2) is 79.8 Å². The number of hydrogen-bond acceptors (Lipinski definition) is 5. The van der Waals surface area contributed by atoms with Gasteiger partial charge in [0.1, 0.15) is 12.2 Å². The van der Waals surface area contributed by atoms with Crippen molar-refractivity contribution in [3.8, 4) is 0 Å². The lowest BCUT2D eigenvalue weighted by molar-refractivity contribution is -0.904. The number of nitrogens with zero attached hydrogens (tertiary/aromatic N) is 2. The number of benzene rings is 2. The zero-order valence-corrected chi connectivity index (χ0v) is 18.8. The second-order valence-electron chi connectivity index (χ2n) is 8.98. The van der Waals surface area contributed by atoms with E-state index in [-0.39, 0.29) is 6.23 Å². The van der Waals surface area contributed by atoms with Crippen molar-refractivity contribution in [2.24, 2.45) is 0 Å². The third-order valence-corrected chi connectivity index (χ3v) is 5.70. The van der Waals surface area contributed by atoms with E-state index in [0.29, 0.717) is 15.4 Å². The average molecular weight is 428 g/mol. The summed E-state index contributed by atoms with van der Waals surface area (Å²) in [6, 6.07) is 14.5. The molecule has 166 valence electrons. The van der Waals surface area contributed by atoms with E-state index >= 15 is 0 Å². The van der Waals surface area contributed by atoms with Crippen molar-refractivity contribution in [3.05, 3.63) is 66.9 Å². The van der Waals surface area contributed by atoms with Gasteiger partial charge in [-0.05, 0) is 23.1 Å². The predicted octanol–water partition coefficient (Wildman–Crippen LogP) is -0.234. The Bertz CT molecular complexity index is 840. The topological polar surface area (TPSA) is 90.2 Å². The van der Waals surface area contributed by atoms with Crippen molar-refractivity contribution < 1.29 is 29.3 Å². The van der Waals surface area contributed by atoms with Crippen LogP contribution < -0.4 is 15.4 Å². The van der Waals surface area contributed by atoms with Crippen LogP contribution in [0.4, 0.5) is 5.69 Å². The van der Waals surface area contributed by atoms with E-state index in [1.165, 1.54) is 6.26 Å². The fourth-order valence-electron chi connectivity index (χ4n) is 3.68. The van der Waals surface area contributed by atoms with Gasteiger partial charge in [0.25, 0.3) is 0 Å². The van der Waals surface area contributed by atoms with Crippen LogP contribution in [0, 0.1) is 0 Å². The zero-order chi connectivity index (χ0) is 23.2. The van der Waals surface area contributed by atoms with E-state index in [2.05, 4.69) is 34.8 Å². The summed E-state index contributed by atoms with van der Waals surface area (Å²) in [6.07, 6.45) is 2.06. The molecule has 2 aromatic carbocycles. The van der Waals surface area contributed by atoms with E-state index < -0.39 is 14.2 Å². The Labute approximate surface area is 185 Å². The number of ether oxygens (including phenoxy) is 1. The van der Waals surface area contributed by atoms with E-state index in [4.69, 9.17) is 4.74 Å². The normalized spacial score (nSPS) is 12.9. The zero-order valence-electron chi connectivity index (χ0n) is 18.8. The van der Waals surface area contributed by atoms with Gasteiger partial charge in [0.15, 0.2) is 0 Å². The highest BCUT2D eigenvalue weighted by Crippen LogP contribution is 2.25. The van der Waals surface area contributed by atoms with Crippen LogP contribution in [0.15, 0.2) is 61.4 Å². The standard InChI is InChI=1S/C22H34B2N2O5/c1-6-31-22(26(4,5)21-13-11-20(12-14-21)24(29)30)15-16-25(2,3)17-18-7-9-19(10-8-18)23(27)28/h6-14,22,27-30H,1,15-17H2,2-5H3/q+2. The van der Waals surface area contributed by atoms with Crippen LogP contribution in [0.3, 0.4) is 0 Å². The smallest absolute Gasteiger partial charge is 0.450 e. The molecule has 0 aliphatic heterocycles. The van der Waals surface area contributed by atoms with Crippen LogP contribution in [0.25, 0.3) is 0 Å². The van der Waals surface area contributed by atoms with Crippen molar-refractivity contribution in [2.75, 3.05) is 34.7 Å². The summed E-state index contributed by atoms with van der Waals surface area (Å²) in [5.41, 5.74) is 3.02. The first-order chi connectivity index (χ1) is 14.5. The molecule has 0 spiro atoms. The molecule has 4 N–H and O–H groups in total. The second kappa shape index (κ2) is 10.5. The van der Waals surface area contributed by atoms with Gasteiger partial charge in [-0.2, -0.15) is 0 Å². The molecule has 0 saturated heterocycles. The van der Waals surface area contributed by atoms with Gasteiger partial charge < -0.3 is 29.3 Å². The molecule has 0 aromatic heterocycles. The van der Waals surface area contributed by atoms with Gasteiger partial charge in [0, 0.05) is 5.56 Å². The van der Waals surface area contributed by atoms with Gasteiger partial charge in [-0.25, -0.2) is 0 Å². The molecule has 0 aliphatic carbocycles. The third kappa shape index (κ3) is 6.93. The van der Waals surface area contributed by atoms with Crippen molar-refractivity contribution in [1.82, 2.24) is 4.48 Å². The molecule has 0 fully saturated rings. The molecular weight excluding hydrogens is 394 g/mol. The molecule has 2 rings (SSSR count). The van der Waals surface area contributed by atoms with E-state index in [9.17, 15) is 20.1 Å². The van der Waals surface area contributed by atoms with Crippen LogP contribution in [0.1, 0.15) is 12.0 Å². The molecule has 0 bridgehead atoms. The highest BCUT2D eigenvalue weighted by Gasteiger charge is 2.34. The molecule has 9 heteroatoms. The molecule has 1 unspecified atom stereocenters. The first-order valence-corrected chi connectivity index (χ1v) is 10.3. The predicted molar refractivity (Wildman–Crippen MR) is 127 cm³/mol. The fourth-order valence-corrected chi connectivity index (χ4v) is 3.68. The minimum absolute atomic E-state index is 0.174. The Morgan fingerprint density at radius 2 is 1.35 bits per heavy atom. The molecule has 7 nitrogen and oxygen atoms in total. The van der Waals surface area contributed by atoms with Crippen LogP contribution in [-0.2, 0) is 11.3 Å². The summed E-state index contributed by atoms with van der Waals surface area (Å²) in [4.78, 5) is 0. The summed E-state index contributed by atoms with van der Waals surface area (Å²) >= 11 is 0. The van der Waals surface area contributed by atoms with Gasteiger partial charge in [-0.1, -0.05) is 43.0 Å². The molecule has 2 aromatic rings. The van der Waals surface area contributed by atoms with Crippen LogP contribution in [0.2, 0.25) is 0 Å². The average Bonchev–Trinajstić information content (AvgIpc) is 2.71. The van der Waals surface area contributed by atoms with Crippen molar-refractivity contribution in [1.29, 1.82) is 0 Å². The van der Waals surface area contributed by atoms with Crippen LogP contribution in [0.5, 0.6) is 0 Å². The lowest BCUT2D eigenvalue weighted by Crippen LogP contribution is -2.53. The fraction of sp³-hybridized carbons (Fsp3) is 0.364. The molecule has 0 amide bonds. The summed E-state index contributed by atoms with van der Waals surface area (Å²) in [5.74, 6) is 0. The minimum atomic E-state index is -1.49. The number of quaternary nitrogens is 2. The van der Waals surface area contributed by atoms with Crippen LogP contribution >= 0.6 is 0 Å². The van der Waals surface area contributed by atoms with Crippen molar-refractivity contribution >= 4 is 30.8 Å². The Hall–Kier alpha value is -2.13. The van der Waals surface area contributed by atoms with Gasteiger partial charge >= 0.3 is 14.2 Å². The minimum Gasteiger partial charge on any atom is -0.450 e. The lowest BCUT2D eigenvalue weighted by atomic mass is 9.80. The molecular formula is C22H34B2N2O5+2. The quantitative estimate of drug-likeness (QED) is 0.172. The summed E-state index contributed by atoms with van der Waals surface area (Å²) in [7, 11) is 5.46. The highest BCUT2D eigenvalue weighted by molar-refractivity contribution is 6.58. The molecule has 0 radical (unpaired) electrons. The molecule has 31 heavy (non-hydrogen) atoms. The summed E-state index contributed by atoms with van der Waals surface area (Å²) < 4.78 is 7.08. The van der Waals surface area contributed by atoms with E-state index in [1.807, 2.05) is 24.3 Å². The van der Waals surface area contributed by atoms with E-state index in [1.54, 1.807) is 24.3 Å². The Kier molecular flexibility index (Phi) is 8.48. The maximum absolute atomic E-state index is 9.33. The Morgan fingerprint density at radius 3 is 1.81 bits per heavy atom. The number of rotatable bonds is 11. The summed E-state index contributed by atoms with van der Waals surface area (Å²) in [5, 5.41) is 37.2. The summed E-state index contributed by atoms with van der Waals surface area (Å²) in [6.45, 7) is 5.37. The SMILES string of the molecule is C=COC(CC[N+](C)(C)Cc1ccc(B(O)O)cc1)[N+](C)(C)c1ccc(B(O)O)cc1. The molecule has 0 aliphatic rings. The van der Waals surface area contributed by atoms with Crippen molar-refractivity contribution in [2.45, 2.75) is 19.2 Å². The first kappa shape index (κ1) is 25.1. The van der Waals surface area contributed by atoms with Gasteiger partial charge in [-0.15, -0.1) is 0 Å². The van der Waals surface area contributed by atoms with Gasteiger partial charge in [0.2, 0.25) is 6.23 Å². The Balaban J connectivity index is 2.09. The Morgan fingerprint density at radius 1 is 0.871 bits per heavy atom. The maximum Gasteiger partial charge on any atom is 0.488 e. The lowest BCUT2D eigenvalue weighted by Gasteiger charge is -2.38. The largest absolute Gasteiger partial charge is 0.488 e. The maximum atomic E-state index is 9.33. The van der Waals surface area contributed by atoms with Gasteiger partial charge in [-0.3, -0.25) is 4.48 Å². The molecule has 0 heterocycles. The van der Waals surface area contributed by atoms with Gasteiger partial charge in [0.05, 0.1) is 47.4 Å². The first-order valence-electron chi connectivity index (χ1n) is 10.3. The molecule has 0 saturated carbocycles. The second-order valence-corrected chi connectivity index (χ2v) is 8.98. The van der Waals surface area contributed by atoms with E-state index in [0.717, 1.165) is 35.2 Å². The molecule has 1 atom stereocenters. The monoisotopic (exact) mass is 428 g/mol. The number of hydrogen-bond donors (Lipinski definition) is 4. The highest BCUT2D eigenvalue weighted by atomic mass is 16.5. The van der Waals surface area contributed by atoms with Crippen molar-refractivity contribution in [3.63, 3.8) is 0 Å². The third-order valence-electron chi connectivity index (χ3n) is 5.70.